The molecule has 2 aromatic rings. The minimum atomic E-state index is 0.185. The van der Waals surface area contributed by atoms with Crippen LogP contribution in [0.15, 0.2) is 29.5 Å². The van der Waals surface area contributed by atoms with Gasteiger partial charge in [-0.25, -0.2) is 20.9 Å². The molecule has 0 spiro atoms. The van der Waals surface area contributed by atoms with Crippen molar-refractivity contribution in [1.82, 2.24) is 15.1 Å². The van der Waals surface area contributed by atoms with Crippen LogP contribution in [0.5, 0.6) is 5.88 Å². The number of anilines is 2. The molecular weight excluding hydrogens is 406 g/mol. The van der Waals surface area contributed by atoms with Gasteiger partial charge in [0.15, 0.2) is 0 Å². The molecule has 0 saturated carbocycles. The Kier molecular flexibility index (Phi) is 9.21. The highest BCUT2D eigenvalue weighted by molar-refractivity contribution is 6.03. The van der Waals surface area contributed by atoms with Gasteiger partial charge in [-0.05, 0) is 44.9 Å². The molecule has 7 N–H and O–H groups in total. The van der Waals surface area contributed by atoms with Crippen molar-refractivity contribution in [1.29, 1.82) is 5.41 Å². The molecule has 0 fully saturated rings. The van der Waals surface area contributed by atoms with Crippen molar-refractivity contribution in [3.05, 3.63) is 30.1 Å². The molecular formula is C22H35N9O. The highest BCUT2D eigenvalue weighted by Crippen LogP contribution is 2.34. The molecule has 0 amide bonds. The van der Waals surface area contributed by atoms with Gasteiger partial charge < -0.3 is 26.5 Å². The second-order valence-corrected chi connectivity index (χ2v) is 7.58. The molecule has 0 radical (unpaired) electrons. The van der Waals surface area contributed by atoms with Crippen molar-refractivity contribution in [2.45, 2.75) is 46.6 Å². The number of nitrogens with zero attached hydrogens (tertiary/aromatic N) is 4. The Morgan fingerprint density at radius 3 is 2.75 bits per heavy atom. The van der Waals surface area contributed by atoms with E-state index in [1.807, 2.05) is 25.1 Å². The summed E-state index contributed by atoms with van der Waals surface area (Å²) in [6.45, 7) is 8.76. The van der Waals surface area contributed by atoms with Crippen LogP contribution >= 0.6 is 0 Å². The molecule has 1 atom stereocenters. The second-order valence-electron chi connectivity index (χ2n) is 7.58. The van der Waals surface area contributed by atoms with Crippen LogP contribution < -0.4 is 26.9 Å². The molecule has 32 heavy (non-hydrogen) atoms. The maximum Gasteiger partial charge on any atom is 0.222 e. The van der Waals surface area contributed by atoms with Crippen molar-refractivity contribution in [3.8, 4) is 17.1 Å². The van der Waals surface area contributed by atoms with Crippen LogP contribution in [0.3, 0.4) is 0 Å². The predicted molar refractivity (Wildman–Crippen MR) is 131 cm³/mol. The summed E-state index contributed by atoms with van der Waals surface area (Å²) in [6.07, 6.45) is 3.47. The van der Waals surface area contributed by atoms with E-state index in [0.29, 0.717) is 35.4 Å². The minimum Gasteiger partial charge on any atom is -0.477 e. The Bertz CT molecular complexity index is 943. The highest BCUT2D eigenvalue weighted by atomic mass is 16.5. The summed E-state index contributed by atoms with van der Waals surface area (Å²) in [4.78, 5) is 9.18. The number of hydrazine groups is 1. The zero-order valence-corrected chi connectivity index (χ0v) is 19.6. The largest absolute Gasteiger partial charge is 0.477 e. The first-order chi connectivity index (χ1) is 15.3. The standard InChI is InChI=1S/C22H35N9O/c1-6-11-32-22-16(9-8-10-26-22)17-12-18(27-13-19(24)30-31(5)25)21(28-14(3)7-2)20(29-17)15(4)23/h8-10,12,14,23,28H,6-7,11,13,25H2,1-5H3,(H2,24,30)(H,27,29). The number of nitrogens with two attached hydrogens (primary N) is 2. The number of nitrogens with one attached hydrogen (secondary N) is 3. The van der Waals surface area contributed by atoms with E-state index in [0.717, 1.165) is 34.9 Å². The van der Waals surface area contributed by atoms with Crippen LogP contribution in [0, 0.1) is 5.41 Å². The number of hydrogen-bond donors (Lipinski definition) is 5. The topological polar surface area (TPSA) is 151 Å². The predicted octanol–water partition coefficient (Wildman–Crippen LogP) is 3.02. The number of hydrogen-bond acceptors (Lipinski definition) is 9. The summed E-state index contributed by atoms with van der Waals surface area (Å²) in [7, 11) is 1.60. The molecule has 0 saturated heterocycles. The monoisotopic (exact) mass is 441 g/mol. The molecule has 1 unspecified atom stereocenters. The summed E-state index contributed by atoms with van der Waals surface area (Å²) in [5.74, 6) is 6.40. The van der Waals surface area contributed by atoms with Crippen molar-refractivity contribution in [2.75, 3.05) is 30.8 Å². The fourth-order valence-corrected chi connectivity index (χ4v) is 2.91. The quantitative estimate of drug-likeness (QED) is 0.146. The average Bonchev–Trinajstić information content (AvgIpc) is 2.76. The molecule has 10 nitrogen and oxygen atoms in total. The summed E-state index contributed by atoms with van der Waals surface area (Å²) in [5.41, 5.74) is 9.76. The molecule has 0 aromatic carbocycles. The number of aromatic nitrogens is 2. The van der Waals surface area contributed by atoms with Crippen molar-refractivity contribution in [3.63, 3.8) is 0 Å². The van der Waals surface area contributed by atoms with Crippen molar-refractivity contribution < 1.29 is 4.74 Å². The van der Waals surface area contributed by atoms with Crippen LogP contribution in [0.2, 0.25) is 0 Å². The van der Waals surface area contributed by atoms with Gasteiger partial charge >= 0.3 is 0 Å². The molecule has 0 aliphatic heterocycles. The average molecular weight is 442 g/mol. The van der Waals surface area contributed by atoms with E-state index in [9.17, 15) is 0 Å². The SMILES string of the molecule is CCCOc1ncccc1-c1cc(NC/C(N)=N/N(C)N)c(NC(C)CC)c(C(C)=N)n1. The van der Waals surface area contributed by atoms with Crippen LogP contribution in [0.1, 0.15) is 46.2 Å². The van der Waals surface area contributed by atoms with E-state index >= 15 is 0 Å². The third-order valence-electron chi connectivity index (χ3n) is 4.61. The molecule has 174 valence electrons. The lowest BCUT2D eigenvalue weighted by molar-refractivity contribution is 0.306. The van der Waals surface area contributed by atoms with Crippen LogP contribution in [0.25, 0.3) is 11.3 Å². The Morgan fingerprint density at radius 1 is 1.38 bits per heavy atom. The van der Waals surface area contributed by atoms with E-state index < -0.39 is 0 Å². The van der Waals surface area contributed by atoms with E-state index in [4.69, 9.17) is 26.7 Å². The Balaban J connectivity index is 2.60. The smallest absolute Gasteiger partial charge is 0.222 e. The van der Waals surface area contributed by atoms with E-state index in [2.05, 4.69) is 34.6 Å². The highest BCUT2D eigenvalue weighted by Gasteiger charge is 2.19. The number of ether oxygens (including phenoxy) is 1. The van der Waals surface area contributed by atoms with E-state index in [-0.39, 0.29) is 12.6 Å². The van der Waals surface area contributed by atoms with Gasteiger partial charge in [0.1, 0.15) is 11.5 Å². The van der Waals surface area contributed by atoms with E-state index in [1.165, 1.54) is 0 Å². The lowest BCUT2D eigenvalue weighted by Gasteiger charge is -2.22. The fraction of sp³-hybridized carbons (Fsp3) is 0.455. The van der Waals surface area contributed by atoms with E-state index in [1.54, 1.807) is 20.2 Å². The summed E-state index contributed by atoms with van der Waals surface area (Å²) < 4.78 is 5.84. The molecule has 10 heteroatoms. The lowest BCUT2D eigenvalue weighted by atomic mass is 10.1. The number of rotatable bonds is 12. The third kappa shape index (κ3) is 6.81. The number of pyridine rings is 2. The molecule has 0 aliphatic rings. The van der Waals surface area contributed by atoms with Crippen LogP contribution in [0.4, 0.5) is 11.4 Å². The first-order valence-electron chi connectivity index (χ1n) is 10.8. The normalized spacial score (nSPS) is 12.2. The Morgan fingerprint density at radius 2 is 2.12 bits per heavy atom. The third-order valence-corrected chi connectivity index (χ3v) is 4.61. The first-order valence-corrected chi connectivity index (χ1v) is 10.8. The van der Waals surface area contributed by atoms with Crippen LogP contribution in [-0.2, 0) is 0 Å². The zero-order valence-electron chi connectivity index (χ0n) is 19.6. The number of hydrazone groups is 1. The molecule has 2 aromatic heterocycles. The van der Waals surface area contributed by atoms with Crippen molar-refractivity contribution >= 4 is 22.9 Å². The first kappa shape index (κ1) is 24.9. The van der Waals surface area contributed by atoms with Crippen LogP contribution in [-0.4, -0.2) is 52.9 Å². The van der Waals surface area contributed by atoms with Crippen molar-refractivity contribution in [2.24, 2.45) is 16.7 Å². The maximum atomic E-state index is 8.36. The summed E-state index contributed by atoms with van der Waals surface area (Å²) in [6, 6.07) is 5.84. The van der Waals surface area contributed by atoms with Gasteiger partial charge in [-0.2, -0.15) is 0 Å². The summed E-state index contributed by atoms with van der Waals surface area (Å²) in [5, 5.41) is 20.3. The lowest BCUT2D eigenvalue weighted by Crippen LogP contribution is -2.30. The summed E-state index contributed by atoms with van der Waals surface area (Å²) >= 11 is 0. The Labute approximate surface area is 189 Å². The van der Waals surface area contributed by atoms with Gasteiger partial charge in [0, 0.05) is 19.3 Å². The Hall–Kier alpha value is -3.40. The zero-order chi connectivity index (χ0) is 23.7. The van der Waals surface area contributed by atoms with Gasteiger partial charge in [-0.3, -0.25) is 0 Å². The van der Waals surface area contributed by atoms with Gasteiger partial charge in [-0.15, -0.1) is 5.10 Å². The van der Waals surface area contributed by atoms with Gasteiger partial charge in [0.2, 0.25) is 5.88 Å². The molecule has 0 bridgehead atoms. The molecule has 0 aliphatic carbocycles. The van der Waals surface area contributed by atoms with Gasteiger partial charge in [0.25, 0.3) is 0 Å². The molecule has 2 heterocycles. The fourth-order valence-electron chi connectivity index (χ4n) is 2.91. The molecule has 2 rings (SSSR count). The second kappa shape index (κ2) is 11.8. The number of amidine groups is 1. The van der Waals surface area contributed by atoms with Gasteiger partial charge in [-0.1, -0.05) is 13.8 Å². The van der Waals surface area contributed by atoms with Gasteiger partial charge in [0.05, 0.1) is 41.5 Å². The maximum absolute atomic E-state index is 8.36. The minimum absolute atomic E-state index is 0.185.